The number of ether oxygens (including phenoxy) is 1. The lowest BCUT2D eigenvalue weighted by Gasteiger charge is -2.34. The molecule has 1 saturated heterocycles. The molecule has 0 radical (unpaired) electrons. The van der Waals surface area contributed by atoms with Gasteiger partial charge in [0, 0.05) is 19.6 Å². The van der Waals surface area contributed by atoms with Crippen molar-refractivity contribution in [2.75, 3.05) is 26.2 Å². The second-order valence-corrected chi connectivity index (χ2v) is 6.22. The molecular weight excluding hydrogens is 278 g/mol. The lowest BCUT2D eigenvalue weighted by molar-refractivity contribution is -0.0443. The molecule has 110 valence electrons. The first kappa shape index (κ1) is 18.1. The molecule has 2 unspecified atom stereocenters. The fraction of sp³-hybridized carbons (Fsp3) is 1.00. The topological polar surface area (TPSA) is 84.7 Å². The Bertz CT molecular complexity index is 316. The summed E-state index contributed by atoms with van der Waals surface area (Å²) in [6, 6.07) is 0. The van der Waals surface area contributed by atoms with E-state index in [0.29, 0.717) is 26.2 Å². The SMILES string of the molecule is CC1CN(S(=O)(=O)NCCCCN)CC(C)O1.Cl. The predicted octanol–water partition coefficient (Wildman–Crippen LogP) is 0.0907. The third-order valence-corrected chi connectivity index (χ3v) is 4.19. The molecule has 0 amide bonds. The van der Waals surface area contributed by atoms with Gasteiger partial charge in [0.15, 0.2) is 0 Å². The van der Waals surface area contributed by atoms with Gasteiger partial charge < -0.3 is 10.5 Å². The van der Waals surface area contributed by atoms with Gasteiger partial charge in [-0.05, 0) is 33.2 Å². The van der Waals surface area contributed by atoms with Crippen LogP contribution in [-0.4, -0.2) is 51.1 Å². The highest BCUT2D eigenvalue weighted by Crippen LogP contribution is 2.13. The number of nitrogens with zero attached hydrogens (tertiary/aromatic N) is 1. The third-order valence-electron chi connectivity index (χ3n) is 2.64. The molecule has 1 aliphatic heterocycles. The average Bonchev–Trinajstić information content (AvgIpc) is 2.23. The van der Waals surface area contributed by atoms with Gasteiger partial charge >= 0.3 is 0 Å². The van der Waals surface area contributed by atoms with E-state index in [1.807, 2.05) is 13.8 Å². The zero-order valence-corrected chi connectivity index (χ0v) is 12.6. The van der Waals surface area contributed by atoms with Crippen molar-refractivity contribution >= 4 is 22.6 Å². The summed E-state index contributed by atoms with van der Waals surface area (Å²) < 4.78 is 33.5. The van der Waals surface area contributed by atoms with Crippen LogP contribution in [0.25, 0.3) is 0 Å². The molecule has 3 N–H and O–H groups in total. The maximum absolute atomic E-state index is 12.0. The first-order valence-electron chi connectivity index (χ1n) is 6.06. The smallest absolute Gasteiger partial charge is 0.279 e. The summed E-state index contributed by atoms with van der Waals surface area (Å²) in [5.74, 6) is 0. The van der Waals surface area contributed by atoms with Gasteiger partial charge in [-0.2, -0.15) is 12.7 Å². The molecule has 1 heterocycles. The van der Waals surface area contributed by atoms with Crippen LogP contribution < -0.4 is 10.5 Å². The normalized spacial score (nSPS) is 25.7. The van der Waals surface area contributed by atoms with E-state index in [4.69, 9.17) is 10.5 Å². The molecule has 1 fully saturated rings. The zero-order chi connectivity index (χ0) is 12.9. The van der Waals surface area contributed by atoms with Crippen LogP contribution in [-0.2, 0) is 14.9 Å². The Kier molecular flexibility index (Phi) is 8.33. The van der Waals surface area contributed by atoms with Crippen LogP contribution in [0.5, 0.6) is 0 Å². The van der Waals surface area contributed by atoms with E-state index < -0.39 is 10.2 Å². The van der Waals surface area contributed by atoms with Gasteiger partial charge in [-0.15, -0.1) is 12.4 Å². The molecule has 0 aromatic carbocycles. The van der Waals surface area contributed by atoms with Crippen LogP contribution in [0, 0.1) is 0 Å². The molecule has 18 heavy (non-hydrogen) atoms. The molecule has 2 atom stereocenters. The van der Waals surface area contributed by atoms with Crippen LogP contribution in [0.2, 0.25) is 0 Å². The van der Waals surface area contributed by atoms with Crippen molar-refractivity contribution in [2.45, 2.75) is 38.9 Å². The Labute approximate surface area is 116 Å². The summed E-state index contributed by atoms with van der Waals surface area (Å²) in [6.07, 6.45) is 1.49. The monoisotopic (exact) mass is 301 g/mol. The van der Waals surface area contributed by atoms with Crippen molar-refractivity contribution in [3.63, 3.8) is 0 Å². The van der Waals surface area contributed by atoms with Gasteiger partial charge in [0.05, 0.1) is 12.2 Å². The minimum atomic E-state index is -3.37. The summed E-state index contributed by atoms with van der Waals surface area (Å²) in [4.78, 5) is 0. The molecule has 0 aromatic heterocycles. The maximum atomic E-state index is 12.0. The Hall–Kier alpha value is 0.0800. The molecule has 0 aromatic rings. The molecule has 0 bridgehead atoms. The van der Waals surface area contributed by atoms with Crippen LogP contribution in [0.15, 0.2) is 0 Å². The summed E-state index contributed by atoms with van der Waals surface area (Å²) in [5, 5.41) is 0. The van der Waals surface area contributed by atoms with E-state index in [9.17, 15) is 8.42 Å². The Morgan fingerprint density at radius 2 is 1.83 bits per heavy atom. The van der Waals surface area contributed by atoms with Gasteiger partial charge in [0.2, 0.25) is 0 Å². The summed E-state index contributed by atoms with van der Waals surface area (Å²) in [6.45, 7) is 5.62. The summed E-state index contributed by atoms with van der Waals surface area (Å²) >= 11 is 0. The largest absolute Gasteiger partial charge is 0.373 e. The van der Waals surface area contributed by atoms with E-state index in [0.717, 1.165) is 12.8 Å². The Balaban J connectivity index is 0.00000289. The van der Waals surface area contributed by atoms with Crippen molar-refractivity contribution < 1.29 is 13.2 Å². The summed E-state index contributed by atoms with van der Waals surface area (Å²) in [5.41, 5.74) is 5.35. The maximum Gasteiger partial charge on any atom is 0.279 e. The van der Waals surface area contributed by atoms with Gasteiger partial charge in [0.1, 0.15) is 0 Å². The fourth-order valence-corrected chi connectivity index (χ4v) is 3.29. The number of nitrogens with two attached hydrogens (primary N) is 1. The predicted molar refractivity (Wildman–Crippen MR) is 74.0 cm³/mol. The van der Waals surface area contributed by atoms with Crippen molar-refractivity contribution in [3.05, 3.63) is 0 Å². The lowest BCUT2D eigenvalue weighted by atomic mass is 10.3. The molecule has 0 spiro atoms. The number of hydrogen-bond acceptors (Lipinski definition) is 4. The van der Waals surface area contributed by atoms with Crippen molar-refractivity contribution in [3.8, 4) is 0 Å². The van der Waals surface area contributed by atoms with E-state index in [1.54, 1.807) is 0 Å². The number of halogens is 1. The second-order valence-electron chi connectivity index (χ2n) is 4.47. The van der Waals surface area contributed by atoms with E-state index in [2.05, 4.69) is 4.72 Å². The number of nitrogens with one attached hydrogen (secondary N) is 1. The van der Waals surface area contributed by atoms with Crippen LogP contribution >= 0.6 is 12.4 Å². The lowest BCUT2D eigenvalue weighted by Crippen LogP contribution is -2.52. The molecule has 1 rings (SSSR count). The van der Waals surface area contributed by atoms with E-state index in [1.165, 1.54) is 4.31 Å². The molecule has 0 saturated carbocycles. The van der Waals surface area contributed by atoms with Crippen molar-refractivity contribution in [2.24, 2.45) is 5.73 Å². The third kappa shape index (κ3) is 5.81. The van der Waals surface area contributed by atoms with Gasteiger partial charge in [0.25, 0.3) is 10.2 Å². The fourth-order valence-electron chi connectivity index (χ4n) is 1.89. The highest BCUT2D eigenvalue weighted by atomic mass is 35.5. The average molecular weight is 302 g/mol. The molecule has 8 heteroatoms. The molecule has 6 nitrogen and oxygen atoms in total. The zero-order valence-electron chi connectivity index (χ0n) is 11.0. The number of unbranched alkanes of at least 4 members (excludes halogenated alkanes) is 1. The minimum Gasteiger partial charge on any atom is -0.373 e. The van der Waals surface area contributed by atoms with Gasteiger partial charge in [-0.25, -0.2) is 4.72 Å². The van der Waals surface area contributed by atoms with Gasteiger partial charge in [-0.3, -0.25) is 0 Å². The van der Waals surface area contributed by atoms with Crippen molar-refractivity contribution in [1.29, 1.82) is 0 Å². The van der Waals surface area contributed by atoms with E-state index >= 15 is 0 Å². The molecule has 0 aliphatic carbocycles. The highest BCUT2D eigenvalue weighted by molar-refractivity contribution is 7.87. The van der Waals surface area contributed by atoms with Crippen LogP contribution in [0.1, 0.15) is 26.7 Å². The highest BCUT2D eigenvalue weighted by Gasteiger charge is 2.30. The summed E-state index contributed by atoms with van der Waals surface area (Å²) in [7, 11) is -3.37. The molecular formula is C10H24ClN3O3S. The first-order valence-corrected chi connectivity index (χ1v) is 7.50. The molecule has 1 aliphatic rings. The first-order chi connectivity index (χ1) is 7.95. The Morgan fingerprint density at radius 3 is 2.33 bits per heavy atom. The minimum absolute atomic E-state index is 0. The van der Waals surface area contributed by atoms with Crippen LogP contribution in [0.4, 0.5) is 0 Å². The van der Waals surface area contributed by atoms with Crippen LogP contribution in [0.3, 0.4) is 0 Å². The van der Waals surface area contributed by atoms with E-state index in [-0.39, 0.29) is 24.6 Å². The van der Waals surface area contributed by atoms with Gasteiger partial charge in [-0.1, -0.05) is 0 Å². The standard InChI is InChI=1S/C10H23N3O3S.ClH/c1-9-7-13(8-10(2)16-9)17(14,15)12-6-4-3-5-11;/h9-10,12H,3-8,11H2,1-2H3;1H. The van der Waals surface area contributed by atoms with Crippen molar-refractivity contribution in [1.82, 2.24) is 9.03 Å². The Morgan fingerprint density at radius 1 is 1.28 bits per heavy atom. The quantitative estimate of drug-likeness (QED) is 0.681. The second kappa shape index (κ2) is 8.29. The number of morpholine rings is 1. The number of rotatable bonds is 6. The number of hydrogen-bond donors (Lipinski definition) is 2.